The molecular weight excluding hydrogens is 262 g/mol. The lowest BCUT2D eigenvalue weighted by Crippen LogP contribution is -2.38. The molecule has 1 aromatic carbocycles. The lowest BCUT2D eigenvalue weighted by Gasteiger charge is -2.38. The highest BCUT2D eigenvalue weighted by atomic mass is 35.5. The molecule has 1 aromatic rings. The first-order valence-corrected chi connectivity index (χ1v) is 5.80. The number of benzene rings is 1. The standard InChI is InChI=1S/C10H8Cl4/c11-9(12)6-5-7-3-1-2-4-8(7)10(9,13)14/h1-4H,5-6H2. The van der Waals surface area contributed by atoms with Crippen LogP contribution in [0.5, 0.6) is 0 Å². The third-order valence-corrected chi connectivity index (χ3v) is 4.91. The van der Waals surface area contributed by atoms with Crippen molar-refractivity contribution in [3.8, 4) is 0 Å². The molecule has 1 aliphatic carbocycles. The molecule has 0 heterocycles. The molecule has 0 spiro atoms. The first kappa shape index (κ1) is 10.9. The van der Waals surface area contributed by atoms with Gasteiger partial charge in [-0.1, -0.05) is 70.7 Å². The fourth-order valence-corrected chi connectivity index (χ4v) is 2.64. The Morgan fingerprint density at radius 2 is 1.64 bits per heavy atom. The fraction of sp³-hybridized carbons (Fsp3) is 0.400. The minimum absolute atomic E-state index is 0.570. The van der Waals surface area contributed by atoms with E-state index < -0.39 is 8.67 Å². The minimum atomic E-state index is -1.22. The molecule has 0 aromatic heterocycles. The summed E-state index contributed by atoms with van der Waals surface area (Å²) in [6.45, 7) is 0. The van der Waals surface area contributed by atoms with Gasteiger partial charge in [-0.05, 0) is 24.0 Å². The van der Waals surface area contributed by atoms with Gasteiger partial charge < -0.3 is 0 Å². The quantitative estimate of drug-likeness (QED) is 0.611. The molecule has 76 valence electrons. The van der Waals surface area contributed by atoms with Crippen LogP contribution in [0.15, 0.2) is 24.3 Å². The Labute approximate surface area is 103 Å². The summed E-state index contributed by atoms with van der Waals surface area (Å²) in [5.74, 6) is 0. The highest BCUT2D eigenvalue weighted by Gasteiger charge is 2.51. The van der Waals surface area contributed by atoms with E-state index in [1.807, 2.05) is 24.3 Å². The van der Waals surface area contributed by atoms with Gasteiger partial charge >= 0.3 is 0 Å². The zero-order valence-corrected chi connectivity index (χ0v) is 10.3. The van der Waals surface area contributed by atoms with Crippen molar-refractivity contribution in [1.29, 1.82) is 0 Å². The Bertz CT molecular complexity index is 357. The van der Waals surface area contributed by atoms with Crippen molar-refractivity contribution >= 4 is 46.4 Å². The van der Waals surface area contributed by atoms with Crippen LogP contribution in [0.1, 0.15) is 17.5 Å². The van der Waals surface area contributed by atoms with Gasteiger partial charge in [0.1, 0.15) is 0 Å². The zero-order chi connectivity index (χ0) is 10.4. The second-order valence-electron chi connectivity index (χ2n) is 3.44. The average Bonchev–Trinajstić information content (AvgIpc) is 2.13. The van der Waals surface area contributed by atoms with Crippen molar-refractivity contribution in [2.75, 3.05) is 0 Å². The average molecular weight is 270 g/mol. The maximum atomic E-state index is 6.20. The zero-order valence-electron chi connectivity index (χ0n) is 7.24. The van der Waals surface area contributed by atoms with Gasteiger partial charge in [0.05, 0.1) is 0 Å². The van der Waals surface area contributed by atoms with Crippen molar-refractivity contribution in [3.05, 3.63) is 35.4 Å². The largest absolute Gasteiger partial charge is 0.176 e. The molecule has 0 atom stereocenters. The van der Waals surface area contributed by atoms with Crippen LogP contribution < -0.4 is 0 Å². The van der Waals surface area contributed by atoms with E-state index in [1.54, 1.807) is 0 Å². The summed E-state index contributed by atoms with van der Waals surface area (Å²) in [4.78, 5) is 0. The summed E-state index contributed by atoms with van der Waals surface area (Å²) in [5, 5.41) is 0. The highest BCUT2D eigenvalue weighted by Crippen LogP contribution is 2.56. The molecule has 0 radical (unpaired) electrons. The summed E-state index contributed by atoms with van der Waals surface area (Å²) in [6.07, 6.45) is 1.38. The summed E-state index contributed by atoms with van der Waals surface area (Å²) >= 11 is 24.6. The van der Waals surface area contributed by atoms with Gasteiger partial charge in [0, 0.05) is 0 Å². The summed E-state index contributed by atoms with van der Waals surface area (Å²) in [6, 6.07) is 7.71. The van der Waals surface area contributed by atoms with E-state index in [1.165, 1.54) is 0 Å². The van der Waals surface area contributed by atoms with Crippen LogP contribution in [0.3, 0.4) is 0 Å². The van der Waals surface area contributed by atoms with Crippen molar-refractivity contribution in [2.45, 2.75) is 21.5 Å². The van der Waals surface area contributed by atoms with Crippen LogP contribution >= 0.6 is 46.4 Å². The number of alkyl halides is 4. The van der Waals surface area contributed by atoms with E-state index in [-0.39, 0.29) is 0 Å². The van der Waals surface area contributed by atoms with Gasteiger partial charge in [0.25, 0.3) is 0 Å². The van der Waals surface area contributed by atoms with Crippen LogP contribution in [0, 0.1) is 0 Å². The Morgan fingerprint density at radius 1 is 1.00 bits per heavy atom. The predicted octanol–water partition coefficient (Wildman–Crippen LogP) is 4.44. The number of fused-ring (bicyclic) bond motifs is 1. The molecule has 0 aliphatic heterocycles. The SMILES string of the molecule is ClC1(Cl)CCc2ccccc2C1(Cl)Cl. The van der Waals surface area contributed by atoms with Crippen LogP contribution in [0.25, 0.3) is 0 Å². The van der Waals surface area contributed by atoms with Crippen molar-refractivity contribution in [3.63, 3.8) is 0 Å². The normalized spacial score (nSPS) is 22.9. The molecule has 0 saturated carbocycles. The molecule has 14 heavy (non-hydrogen) atoms. The molecule has 0 amide bonds. The molecule has 2 rings (SSSR count). The second-order valence-corrected chi connectivity index (χ2v) is 6.25. The molecule has 0 nitrogen and oxygen atoms in total. The lowest BCUT2D eigenvalue weighted by molar-refractivity contribution is 0.584. The molecule has 0 bridgehead atoms. The maximum absolute atomic E-state index is 6.20. The first-order chi connectivity index (χ1) is 6.45. The van der Waals surface area contributed by atoms with E-state index in [0.717, 1.165) is 17.5 Å². The first-order valence-electron chi connectivity index (χ1n) is 4.29. The van der Waals surface area contributed by atoms with Crippen LogP contribution in [-0.2, 0) is 10.8 Å². The molecule has 0 N–H and O–H groups in total. The number of hydrogen-bond acceptors (Lipinski definition) is 0. The Kier molecular flexibility index (Phi) is 2.68. The van der Waals surface area contributed by atoms with Gasteiger partial charge in [0.15, 0.2) is 8.67 Å². The second kappa shape index (κ2) is 3.45. The Morgan fingerprint density at radius 3 is 2.36 bits per heavy atom. The number of aryl methyl sites for hydroxylation is 1. The van der Waals surface area contributed by atoms with Crippen LogP contribution in [0.4, 0.5) is 0 Å². The van der Waals surface area contributed by atoms with Crippen molar-refractivity contribution < 1.29 is 0 Å². The Hall–Kier alpha value is 0.380. The Balaban J connectivity index is 2.57. The smallest absolute Gasteiger partial charge is 0.0979 e. The summed E-state index contributed by atoms with van der Waals surface area (Å²) < 4.78 is -2.32. The highest BCUT2D eigenvalue weighted by molar-refractivity contribution is 6.62. The molecule has 0 unspecified atom stereocenters. The number of hydrogen-bond donors (Lipinski definition) is 0. The van der Waals surface area contributed by atoms with Gasteiger partial charge in [-0.3, -0.25) is 0 Å². The van der Waals surface area contributed by atoms with Crippen LogP contribution in [0.2, 0.25) is 0 Å². The molecule has 4 heteroatoms. The van der Waals surface area contributed by atoms with Gasteiger partial charge in [-0.15, -0.1) is 0 Å². The van der Waals surface area contributed by atoms with Gasteiger partial charge in [-0.25, -0.2) is 0 Å². The molecular formula is C10H8Cl4. The van der Waals surface area contributed by atoms with E-state index in [4.69, 9.17) is 46.4 Å². The van der Waals surface area contributed by atoms with Gasteiger partial charge in [-0.2, -0.15) is 0 Å². The number of rotatable bonds is 0. The predicted molar refractivity (Wildman–Crippen MR) is 62.6 cm³/mol. The monoisotopic (exact) mass is 268 g/mol. The summed E-state index contributed by atoms with van der Waals surface area (Å²) in [5.41, 5.74) is 1.94. The maximum Gasteiger partial charge on any atom is 0.176 e. The van der Waals surface area contributed by atoms with Crippen molar-refractivity contribution in [2.24, 2.45) is 0 Å². The van der Waals surface area contributed by atoms with E-state index in [0.29, 0.717) is 6.42 Å². The fourth-order valence-electron chi connectivity index (χ4n) is 1.69. The summed E-state index contributed by atoms with van der Waals surface area (Å²) in [7, 11) is 0. The third kappa shape index (κ3) is 1.53. The third-order valence-electron chi connectivity index (χ3n) is 2.52. The number of halogens is 4. The molecule has 0 fully saturated rings. The minimum Gasteiger partial charge on any atom is -0.0979 e. The van der Waals surface area contributed by atoms with E-state index >= 15 is 0 Å². The van der Waals surface area contributed by atoms with Crippen molar-refractivity contribution in [1.82, 2.24) is 0 Å². The molecule has 0 saturated heterocycles. The van der Waals surface area contributed by atoms with E-state index in [2.05, 4.69) is 0 Å². The van der Waals surface area contributed by atoms with Crippen LogP contribution in [-0.4, -0.2) is 4.33 Å². The topological polar surface area (TPSA) is 0 Å². The lowest BCUT2D eigenvalue weighted by atomic mass is 9.90. The van der Waals surface area contributed by atoms with E-state index in [9.17, 15) is 0 Å². The van der Waals surface area contributed by atoms with Gasteiger partial charge in [0.2, 0.25) is 0 Å². The molecule has 1 aliphatic rings.